The topological polar surface area (TPSA) is 0 Å². The van der Waals surface area contributed by atoms with Crippen LogP contribution in [0.25, 0.3) is 0 Å². The van der Waals surface area contributed by atoms with Gasteiger partial charge in [0.25, 0.3) is 0 Å². The molecule has 1 aromatic carbocycles. The van der Waals surface area contributed by atoms with Crippen molar-refractivity contribution in [3.63, 3.8) is 0 Å². The Morgan fingerprint density at radius 3 is 2.50 bits per heavy atom. The number of hydrogen-bond acceptors (Lipinski definition) is 0. The lowest BCUT2D eigenvalue weighted by Crippen LogP contribution is -1.83. The fraction of sp³-hybridized carbons (Fsp3) is 0.250. The van der Waals surface area contributed by atoms with E-state index in [1.54, 1.807) is 13.0 Å². The van der Waals surface area contributed by atoms with Crippen LogP contribution in [0.5, 0.6) is 0 Å². The zero-order valence-electron chi connectivity index (χ0n) is 5.70. The Hall–Kier alpha value is -0.920. The van der Waals surface area contributed by atoms with E-state index in [1.807, 2.05) is 0 Å². The first-order chi connectivity index (χ1) is 4.72. The summed E-state index contributed by atoms with van der Waals surface area (Å²) in [6, 6.07) is 4.20. The van der Waals surface area contributed by atoms with Gasteiger partial charge in [0.15, 0.2) is 0 Å². The van der Waals surface area contributed by atoms with Gasteiger partial charge in [0, 0.05) is 0 Å². The summed E-state index contributed by atoms with van der Waals surface area (Å²) in [7, 11) is 0. The second-order valence-electron chi connectivity index (χ2n) is 2.27. The van der Waals surface area contributed by atoms with Crippen LogP contribution < -0.4 is 0 Å². The molecule has 0 aliphatic heterocycles. The fourth-order valence-electron chi connectivity index (χ4n) is 0.889. The molecule has 0 unspecified atom stereocenters. The predicted octanol–water partition coefficient (Wildman–Crippen LogP) is 2.60. The number of aryl methyl sites for hydroxylation is 1. The molecule has 0 spiro atoms. The van der Waals surface area contributed by atoms with E-state index in [9.17, 15) is 8.78 Å². The smallest absolute Gasteiger partial charge is 0.123 e. The molecule has 0 saturated carbocycles. The predicted molar refractivity (Wildman–Crippen MR) is 35.9 cm³/mol. The van der Waals surface area contributed by atoms with Gasteiger partial charge >= 0.3 is 0 Å². The molecule has 0 radical (unpaired) electrons. The van der Waals surface area contributed by atoms with Crippen LogP contribution in [0.3, 0.4) is 0 Å². The molecular weight excluding hydrogens is 134 g/mol. The Labute approximate surface area is 58.5 Å². The third kappa shape index (κ3) is 1.53. The molecule has 0 amide bonds. The third-order valence-corrected chi connectivity index (χ3v) is 1.26. The number of halogens is 2. The highest BCUT2D eigenvalue weighted by Crippen LogP contribution is 2.08. The second-order valence-corrected chi connectivity index (χ2v) is 2.27. The SMILES string of the molecule is Cc1cc(F)cc(CF)c1. The van der Waals surface area contributed by atoms with Gasteiger partial charge in [-0.25, -0.2) is 8.78 Å². The Morgan fingerprint density at radius 1 is 1.30 bits per heavy atom. The first-order valence-electron chi connectivity index (χ1n) is 3.04. The summed E-state index contributed by atoms with van der Waals surface area (Å²) in [4.78, 5) is 0. The van der Waals surface area contributed by atoms with Crippen LogP contribution in [0.1, 0.15) is 11.1 Å². The standard InChI is InChI=1S/C8H8F2/c1-6-2-7(5-9)4-8(10)3-6/h2-4H,5H2,1H3. The van der Waals surface area contributed by atoms with Crippen LogP contribution in [-0.2, 0) is 6.67 Å². The highest BCUT2D eigenvalue weighted by Gasteiger charge is 1.95. The van der Waals surface area contributed by atoms with Crippen molar-refractivity contribution >= 4 is 0 Å². The largest absolute Gasteiger partial charge is 0.246 e. The Morgan fingerprint density at radius 2 is 2.00 bits per heavy atom. The Kier molecular flexibility index (Phi) is 2.00. The van der Waals surface area contributed by atoms with Crippen molar-refractivity contribution in [3.05, 3.63) is 35.1 Å². The normalized spacial score (nSPS) is 9.90. The first-order valence-corrected chi connectivity index (χ1v) is 3.04. The summed E-state index contributed by atoms with van der Waals surface area (Å²) in [5, 5.41) is 0. The highest BCUT2D eigenvalue weighted by molar-refractivity contribution is 5.22. The molecule has 2 heteroatoms. The minimum atomic E-state index is -0.599. The summed E-state index contributed by atoms with van der Waals surface area (Å²) in [5.74, 6) is -0.368. The monoisotopic (exact) mass is 142 g/mol. The van der Waals surface area contributed by atoms with Gasteiger partial charge in [-0.3, -0.25) is 0 Å². The van der Waals surface area contributed by atoms with Crippen molar-refractivity contribution in [2.24, 2.45) is 0 Å². The molecular formula is C8H8F2. The Bertz CT molecular complexity index is 210. The summed E-state index contributed by atoms with van der Waals surface area (Å²) in [5.41, 5.74) is 1.16. The fourth-order valence-corrected chi connectivity index (χ4v) is 0.889. The third-order valence-electron chi connectivity index (χ3n) is 1.26. The highest BCUT2D eigenvalue weighted by atomic mass is 19.1. The van der Waals surface area contributed by atoms with Crippen molar-refractivity contribution < 1.29 is 8.78 Å². The van der Waals surface area contributed by atoms with Crippen molar-refractivity contribution in [2.45, 2.75) is 13.6 Å². The molecule has 1 aromatic rings. The number of hydrogen-bond donors (Lipinski definition) is 0. The van der Waals surface area contributed by atoms with Crippen LogP contribution in [0.2, 0.25) is 0 Å². The molecule has 10 heavy (non-hydrogen) atoms. The molecule has 0 saturated heterocycles. The lowest BCUT2D eigenvalue weighted by molar-refractivity contribution is 0.482. The van der Waals surface area contributed by atoms with Gasteiger partial charge in [0.05, 0.1) is 0 Å². The quantitative estimate of drug-likeness (QED) is 0.565. The maximum absolute atomic E-state index is 12.4. The number of benzene rings is 1. The maximum atomic E-state index is 12.4. The van der Waals surface area contributed by atoms with Crippen LogP contribution in [-0.4, -0.2) is 0 Å². The first kappa shape index (κ1) is 7.19. The molecule has 0 N–H and O–H groups in total. The van der Waals surface area contributed by atoms with Crippen LogP contribution in [0.15, 0.2) is 18.2 Å². The minimum Gasteiger partial charge on any atom is -0.246 e. The average Bonchev–Trinajstić information content (AvgIpc) is 1.85. The van der Waals surface area contributed by atoms with Crippen LogP contribution >= 0.6 is 0 Å². The van der Waals surface area contributed by atoms with Gasteiger partial charge in [0.1, 0.15) is 12.5 Å². The van der Waals surface area contributed by atoms with E-state index >= 15 is 0 Å². The maximum Gasteiger partial charge on any atom is 0.123 e. The molecule has 1 rings (SSSR count). The van der Waals surface area contributed by atoms with Crippen LogP contribution in [0.4, 0.5) is 8.78 Å². The zero-order chi connectivity index (χ0) is 7.56. The molecule has 54 valence electrons. The van der Waals surface area contributed by atoms with Gasteiger partial charge < -0.3 is 0 Å². The molecule has 0 atom stereocenters. The van der Waals surface area contributed by atoms with Crippen molar-refractivity contribution in [2.75, 3.05) is 0 Å². The van der Waals surface area contributed by atoms with E-state index < -0.39 is 6.67 Å². The summed E-state index contributed by atoms with van der Waals surface area (Å²) in [6.07, 6.45) is 0. The van der Waals surface area contributed by atoms with Crippen LogP contribution in [0, 0.1) is 12.7 Å². The lowest BCUT2D eigenvalue weighted by Gasteiger charge is -1.96. The van der Waals surface area contributed by atoms with Crippen molar-refractivity contribution in [1.82, 2.24) is 0 Å². The van der Waals surface area contributed by atoms with Gasteiger partial charge in [0.2, 0.25) is 0 Å². The van der Waals surface area contributed by atoms with Gasteiger partial charge in [-0.05, 0) is 30.2 Å². The molecule has 0 bridgehead atoms. The van der Waals surface area contributed by atoms with E-state index in [4.69, 9.17) is 0 Å². The molecule has 0 aliphatic carbocycles. The second kappa shape index (κ2) is 2.78. The number of rotatable bonds is 1. The molecule has 0 nitrogen and oxygen atoms in total. The summed E-state index contributed by atoms with van der Waals surface area (Å²) >= 11 is 0. The molecule has 0 aliphatic rings. The van der Waals surface area contributed by atoms with E-state index in [1.165, 1.54) is 12.1 Å². The average molecular weight is 142 g/mol. The van der Waals surface area contributed by atoms with E-state index in [0.717, 1.165) is 5.56 Å². The summed E-state index contributed by atoms with van der Waals surface area (Å²) in [6.45, 7) is 1.14. The van der Waals surface area contributed by atoms with E-state index in [2.05, 4.69) is 0 Å². The van der Waals surface area contributed by atoms with Gasteiger partial charge in [-0.1, -0.05) is 6.07 Å². The number of alkyl halides is 1. The minimum absolute atomic E-state index is 0.368. The van der Waals surface area contributed by atoms with E-state index in [-0.39, 0.29) is 5.82 Å². The molecule has 0 fully saturated rings. The van der Waals surface area contributed by atoms with E-state index in [0.29, 0.717) is 5.56 Å². The summed E-state index contributed by atoms with van der Waals surface area (Å²) < 4.78 is 24.4. The molecule has 0 heterocycles. The lowest BCUT2D eigenvalue weighted by atomic mass is 10.1. The molecule has 0 aromatic heterocycles. The Balaban J connectivity index is 3.06. The van der Waals surface area contributed by atoms with Crippen molar-refractivity contribution in [1.29, 1.82) is 0 Å². The zero-order valence-corrected chi connectivity index (χ0v) is 5.70. The van der Waals surface area contributed by atoms with Crippen molar-refractivity contribution in [3.8, 4) is 0 Å². The van der Waals surface area contributed by atoms with Gasteiger partial charge in [-0.15, -0.1) is 0 Å². The van der Waals surface area contributed by atoms with Gasteiger partial charge in [-0.2, -0.15) is 0 Å².